The number of halogens is 1. The van der Waals surface area contributed by atoms with Crippen molar-refractivity contribution in [2.75, 3.05) is 5.75 Å². The molecule has 0 spiro atoms. The van der Waals surface area contributed by atoms with Crippen LogP contribution >= 0.6 is 23.4 Å². The highest BCUT2D eigenvalue weighted by molar-refractivity contribution is 7.99. The second kappa shape index (κ2) is 13.4. The molecule has 0 fully saturated rings. The van der Waals surface area contributed by atoms with E-state index in [1.54, 1.807) is 4.90 Å². The number of benzene rings is 3. The van der Waals surface area contributed by atoms with E-state index >= 15 is 0 Å². The molecule has 0 unspecified atom stereocenters. The maximum atomic E-state index is 13.6. The first-order valence-electron chi connectivity index (χ1n) is 11.8. The van der Waals surface area contributed by atoms with E-state index in [0.29, 0.717) is 23.7 Å². The summed E-state index contributed by atoms with van der Waals surface area (Å²) < 4.78 is 0. The van der Waals surface area contributed by atoms with Crippen LogP contribution in [0.25, 0.3) is 0 Å². The first-order chi connectivity index (χ1) is 16.8. The molecule has 6 heteroatoms. The minimum absolute atomic E-state index is 0.0220. The van der Waals surface area contributed by atoms with Crippen LogP contribution in [0.1, 0.15) is 36.1 Å². The van der Waals surface area contributed by atoms with E-state index < -0.39 is 6.04 Å². The van der Waals surface area contributed by atoms with Crippen LogP contribution < -0.4 is 5.32 Å². The van der Waals surface area contributed by atoms with Gasteiger partial charge in [-0.1, -0.05) is 90.0 Å². The van der Waals surface area contributed by atoms with E-state index in [4.69, 9.17) is 11.6 Å². The topological polar surface area (TPSA) is 49.4 Å². The van der Waals surface area contributed by atoms with E-state index in [2.05, 4.69) is 11.4 Å². The zero-order valence-corrected chi connectivity index (χ0v) is 22.1. The third kappa shape index (κ3) is 8.44. The lowest BCUT2D eigenvalue weighted by Crippen LogP contribution is -2.52. The minimum Gasteiger partial charge on any atom is -0.352 e. The highest BCUT2D eigenvalue weighted by atomic mass is 35.5. The molecular weight excluding hydrogens is 476 g/mol. The Morgan fingerprint density at radius 2 is 1.63 bits per heavy atom. The fraction of sp³-hybridized carbons (Fsp3) is 0.310. The Morgan fingerprint density at radius 3 is 2.31 bits per heavy atom. The van der Waals surface area contributed by atoms with Gasteiger partial charge in [-0.2, -0.15) is 0 Å². The number of hydrogen-bond acceptors (Lipinski definition) is 3. The van der Waals surface area contributed by atoms with E-state index in [1.807, 2.05) is 93.6 Å². The largest absolute Gasteiger partial charge is 0.352 e. The minimum atomic E-state index is -0.617. The van der Waals surface area contributed by atoms with Crippen LogP contribution in [0.2, 0.25) is 5.02 Å². The van der Waals surface area contributed by atoms with Gasteiger partial charge < -0.3 is 10.2 Å². The molecule has 0 aliphatic heterocycles. The van der Waals surface area contributed by atoms with Crippen molar-refractivity contribution in [1.82, 2.24) is 10.2 Å². The third-order valence-electron chi connectivity index (χ3n) is 5.58. The molecule has 0 aliphatic rings. The monoisotopic (exact) mass is 508 g/mol. The number of carbonyl (C=O) groups excluding carboxylic acids is 2. The van der Waals surface area contributed by atoms with Gasteiger partial charge in [0.15, 0.2) is 0 Å². The Hall–Kier alpha value is -2.76. The molecule has 4 nitrogen and oxygen atoms in total. The summed E-state index contributed by atoms with van der Waals surface area (Å²) in [5.74, 6) is 0.687. The van der Waals surface area contributed by atoms with Crippen LogP contribution in [0, 0.1) is 6.92 Å². The predicted molar refractivity (Wildman–Crippen MR) is 147 cm³/mol. The van der Waals surface area contributed by atoms with E-state index in [-0.39, 0.29) is 23.6 Å². The molecule has 0 heterocycles. The van der Waals surface area contributed by atoms with Gasteiger partial charge in [-0.25, -0.2) is 0 Å². The summed E-state index contributed by atoms with van der Waals surface area (Å²) >= 11 is 7.81. The molecule has 1 N–H and O–H groups in total. The van der Waals surface area contributed by atoms with Gasteiger partial charge in [0.25, 0.3) is 0 Å². The average Bonchev–Trinajstić information content (AvgIpc) is 2.82. The number of amides is 2. The molecule has 0 saturated carbocycles. The summed E-state index contributed by atoms with van der Waals surface area (Å²) in [7, 11) is 0. The van der Waals surface area contributed by atoms with Gasteiger partial charge in [0, 0.05) is 29.8 Å². The molecule has 2 amide bonds. The number of nitrogens with one attached hydrogen (secondary N) is 1. The number of rotatable bonds is 11. The van der Waals surface area contributed by atoms with Crippen molar-refractivity contribution in [3.8, 4) is 0 Å². The van der Waals surface area contributed by atoms with E-state index in [1.165, 1.54) is 11.8 Å². The highest BCUT2D eigenvalue weighted by Gasteiger charge is 2.30. The van der Waals surface area contributed by atoms with Gasteiger partial charge in [0.05, 0.1) is 5.75 Å². The first-order valence-corrected chi connectivity index (χ1v) is 13.4. The standard InChI is InChI=1S/C29H33ClN2O2S/c1-21(2)31-29(34)27(17-23-11-5-4-6-12-23)32(18-24-13-9-10-22(3)16-24)28(33)20-35-19-25-14-7-8-15-26(25)30/h4-16,21,27H,17-20H2,1-3H3,(H,31,34)/t27-/m0/s1. The molecule has 3 aromatic carbocycles. The third-order valence-corrected chi connectivity index (χ3v) is 6.91. The Kier molecular flexibility index (Phi) is 10.2. The summed E-state index contributed by atoms with van der Waals surface area (Å²) in [4.78, 5) is 28.7. The highest BCUT2D eigenvalue weighted by Crippen LogP contribution is 2.22. The van der Waals surface area contributed by atoms with Gasteiger partial charge in [0.1, 0.15) is 6.04 Å². The SMILES string of the molecule is Cc1cccc(CN(C(=O)CSCc2ccccc2Cl)[C@@H](Cc2ccccc2)C(=O)NC(C)C)c1. The van der Waals surface area contributed by atoms with Crippen LogP contribution in [0.5, 0.6) is 0 Å². The Morgan fingerprint density at radius 1 is 0.943 bits per heavy atom. The van der Waals surface area contributed by atoms with Crippen molar-refractivity contribution in [2.24, 2.45) is 0 Å². The second-order valence-corrected chi connectivity index (χ2v) is 10.4. The molecule has 3 rings (SSSR count). The Bertz CT molecular complexity index is 1120. The smallest absolute Gasteiger partial charge is 0.243 e. The average molecular weight is 509 g/mol. The van der Waals surface area contributed by atoms with Crippen molar-refractivity contribution in [2.45, 2.75) is 51.6 Å². The molecule has 1 atom stereocenters. The second-order valence-electron chi connectivity index (χ2n) is 8.96. The lowest BCUT2D eigenvalue weighted by Gasteiger charge is -2.32. The van der Waals surface area contributed by atoms with Gasteiger partial charge in [0.2, 0.25) is 11.8 Å². The molecule has 3 aromatic rings. The first kappa shape index (κ1) is 26.8. The normalized spacial score (nSPS) is 11.8. The quantitative estimate of drug-likeness (QED) is 0.343. The van der Waals surface area contributed by atoms with E-state index in [9.17, 15) is 9.59 Å². The van der Waals surface area contributed by atoms with Crippen LogP contribution in [0.4, 0.5) is 0 Å². The Labute approximate surface area is 218 Å². The van der Waals surface area contributed by atoms with Crippen LogP contribution in [0.15, 0.2) is 78.9 Å². The van der Waals surface area contributed by atoms with Crippen LogP contribution in [0.3, 0.4) is 0 Å². The van der Waals surface area contributed by atoms with Crippen LogP contribution in [-0.4, -0.2) is 34.6 Å². The lowest BCUT2D eigenvalue weighted by molar-refractivity contribution is -0.139. The van der Waals surface area contributed by atoms with Gasteiger partial charge in [-0.15, -0.1) is 11.8 Å². The number of aryl methyl sites for hydroxylation is 1. The van der Waals surface area contributed by atoms with Crippen molar-refractivity contribution in [3.63, 3.8) is 0 Å². The molecule has 0 bridgehead atoms. The summed E-state index contributed by atoms with van der Waals surface area (Å²) in [6.45, 7) is 6.27. The van der Waals surface area contributed by atoms with Gasteiger partial charge in [-0.3, -0.25) is 9.59 Å². The predicted octanol–water partition coefficient (Wildman–Crippen LogP) is 6.05. The Balaban J connectivity index is 1.85. The summed E-state index contributed by atoms with van der Waals surface area (Å²) in [6, 6.07) is 25.0. The molecule has 184 valence electrons. The maximum Gasteiger partial charge on any atom is 0.243 e. The number of nitrogens with zero attached hydrogens (tertiary/aromatic N) is 1. The molecule has 0 radical (unpaired) electrons. The maximum absolute atomic E-state index is 13.6. The van der Waals surface area contributed by atoms with Crippen molar-refractivity contribution in [1.29, 1.82) is 0 Å². The van der Waals surface area contributed by atoms with Crippen molar-refractivity contribution in [3.05, 3.63) is 106 Å². The zero-order chi connectivity index (χ0) is 25.2. The number of carbonyl (C=O) groups is 2. The lowest BCUT2D eigenvalue weighted by atomic mass is 10.0. The summed E-state index contributed by atoms with van der Waals surface area (Å²) in [5, 5.41) is 3.72. The van der Waals surface area contributed by atoms with Gasteiger partial charge in [-0.05, 0) is 43.5 Å². The fourth-order valence-corrected chi connectivity index (χ4v) is 5.08. The molecule has 35 heavy (non-hydrogen) atoms. The molecular formula is C29H33ClN2O2S. The number of thioether (sulfide) groups is 1. The summed E-state index contributed by atoms with van der Waals surface area (Å²) in [5.41, 5.74) is 4.14. The van der Waals surface area contributed by atoms with Crippen molar-refractivity contribution < 1.29 is 9.59 Å². The molecule has 0 saturated heterocycles. The zero-order valence-electron chi connectivity index (χ0n) is 20.5. The van der Waals surface area contributed by atoms with Gasteiger partial charge >= 0.3 is 0 Å². The molecule has 0 aliphatic carbocycles. The fourth-order valence-electron chi connectivity index (χ4n) is 3.89. The van der Waals surface area contributed by atoms with E-state index in [0.717, 1.165) is 22.3 Å². The van der Waals surface area contributed by atoms with Crippen LogP contribution in [-0.2, 0) is 28.3 Å². The molecule has 0 aromatic heterocycles. The van der Waals surface area contributed by atoms with Crippen molar-refractivity contribution >= 4 is 35.2 Å². The summed E-state index contributed by atoms with van der Waals surface area (Å²) in [6.07, 6.45) is 0.451. The number of hydrogen-bond donors (Lipinski definition) is 1.